The van der Waals surface area contributed by atoms with Gasteiger partial charge in [-0.3, -0.25) is 14.6 Å². The molecular weight excluding hydrogens is 315 g/mol. The van der Waals surface area contributed by atoms with Crippen molar-refractivity contribution in [2.24, 2.45) is 5.92 Å². The first-order valence-corrected chi connectivity index (χ1v) is 6.77. The fourth-order valence-electron chi connectivity index (χ4n) is 1.73. The minimum absolute atomic E-state index is 0.160. The molecule has 0 N–H and O–H groups in total. The minimum Gasteiger partial charge on any atom is -0.468 e. The first-order valence-electron chi connectivity index (χ1n) is 6.77. The maximum atomic E-state index is 12.5. The molecule has 0 aliphatic rings. The number of rotatable bonds is 4. The summed E-state index contributed by atoms with van der Waals surface area (Å²) in [6, 6.07) is 1.95. The third-order valence-electron chi connectivity index (χ3n) is 2.73. The van der Waals surface area contributed by atoms with Gasteiger partial charge in [-0.2, -0.15) is 13.2 Å². The van der Waals surface area contributed by atoms with Gasteiger partial charge in [0.2, 0.25) is 0 Å². The molecule has 1 aromatic rings. The van der Waals surface area contributed by atoms with Gasteiger partial charge in [0.15, 0.2) is 5.92 Å². The zero-order chi connectivity index (χ0) is 17.8. The van der Waals surface area contributed by atoms with Crippen molar-refractivity contribution in [2.75, 3.05) is 7.11 Å². The molecule has 1 unspecified atom stereocenters. The first kappa shape index (κ1) is 18.9. The first-order chi connectivity index (χ1) is 10.4. The van der Waals surface area contributed by atoms with Gasteiger partial charge < -0.3 is 9.47 Å². The summed E-state index contributed by atoms with van der Waals surface area (Å²) in [6.07, 6.45) is -3.73. The molecule has 0 bridgehead atoms. The Labute approximate surface area is 131 Å². The van der Waals surface area contributed by atoms with Crippen LogP contribution in [0.25, 0.3) is 0 Å². The number of ether oxygens (including phenoxy) is 2. The molecule has 0 saturated carbocycles. The van der Waals surface area contributed by atoms with Crippen LogP contribution in [0, 0.1) is 5.92 Å². The van der Waals surface area contributed by atoms with E-state index < -0.39 is 35.3 Å². The number of pyridine rings is 1. The van der Waals surface area contributed by atoms with Crippen molar-refractivity contribution >= 4 is 11.9 Å². The van der Waals surface area contributed by atoms with E-state index in [2.05, 4.69) is 9.72 Å². The third-order valence-corrected chi connectivity index (χ3v) is 2.73. The van der Waals surface area contributed by atoms with Crippen molar-refractivity contribution in [2.45, 2.75) is 39.0 Å². The Bertz CT molecular complexity index is 562. The van der Waals surface area contributed by atoms with E-state index in [1.807, 2.05) is 0 Å². The summed E-state index contributed by atoms with van der Waals surface area (Å²) in [5.41, 5.74) is -1.56. The SMILES string of the molecule is COC(=O)C(Cc1ccc(C(F)(F)F)nc1)C(=O)OC(C)(C)C. The number of alkyl halides is 3. The Morgan fingerprint density at radius 1 is 1.17 bits per heavy atom. The van der Waals surface area contributed by atoms with Crippen LogP contribution in [0.15, 0.2) is 18.3 Å². The highest BCUT2D eigenvalue weighted by molar-refractivity contribution is 5.95. The summed E-state index contributed by atoms with van der Waals surface area (Å²) in [6.45, 7) is 4.91. The van der Waals surface area contributed by atoms with E-state index in [1.165, 1.54) is 0 Å². The van der Waals surface area contributed by atoms with Crippen LogP contribution < -0.4 is 0 Å². The molecule has 0 saturated heterocycles. The smallest absolute Gasteiger partial charge is 0.433 e. The number of aromatic nitrogens is 1. The molecule has 0 aliphatic heterocycles. The number of methoxy groups -OCH3 is 1. The molecule has 23 heavy (non-hydrogen) atoms. The fourth-order valence-corrected chi connectivity index (χ4v) is 1.73. The van der Waals surface area contributed by atoms with Gasteiger partial charge in [0.05, 0.1) is 7.11 Å². The number of carbonyl (C=O) groups excluding carboxylic acids is 2. The monoisotopic (exact) mass is 333 g/mol. The molecule has 1 rings (SSSR count). The number of nitrogens with zero attached hydrogens (tertiary/aromatic N) is 1. The Kier molecular flexibility index (Phi) is 5.74. The standard InChI is InChI=1S/C15H18F3NO4/c1-14(2,3)23-13(21)10(12(20)22-4)7-9-5-6-11(19-8-9)15(16,17)18/h5-6,8,10H,7H2,1-4H3. The van der Waals surface area contributed by atoms with Crippen LogP contribution in [-0.4, -0.2) is 29.6 Å². The van der Waals surface area contributed by atoms with Crippen LogP contribution in [0.4, 0.5) is 13.2 Å². The van der Waals surface area contributed by atoms with Crippen molar-refractivity contribution in [3.63, 3.8) is 0 Å². The molecule has 0 aliphatic carbocycles. The van der Waals surface area contributed by atoms with Crippen molar-refractivity contribution < 1.29 is 32.2 Å². The van der Waals surface area contributed by atoms with E-state index in [0.717, 1.165) is 25.4 Å². The molecule has 0 amide bonds. The normalized spacial score (nSPS) is 13.3. The topological polar surface area (TPSA) is 65.5 Å². The fraction of sp³-hybridized carbons (Fsp3) is 0.533. The van der Waals surface area contributed by atoms with Crippen molar-refractivity contribution in [3.05, 3.63) is 29.6 Å². The quantitative estimate of drug-likeness (QED) is 0.626. The van der Waals surface area contributed by atoms with Crippen LogP contribution >= 0.6 is 0 Å². The summed E-state index contributed by atoms with van der Waals surface area (Å²) in [7, 11) is 1.12. The van der Waals surface area contributed by atoms with E-state index in [1.54, 1.807) is 20.8 Å². The number of carbonyl (C=O) groups is 2. The van der Waals surface area contributed by atoms with Crippen LogP contribution in [0.3, 0.4) is 0 Å². The third kappa shape index (κ3) is 5.88. The van der Waals surface area contributed by atoms with Crippen LogP contribution in [0.1, 0.15) is 32.0 Å². The molecule has 1 heterocycles. The van der Waals surface area contributed by atoms with E-state index in [0.29, 0.717) is 5.56 Å². The average Bonchev–Trinajstić information content (AvgIpc) is 2.41. The highest BCUT2D eigenvalue weighted by Gasteiger charge is 2.34. The van der Waals surface area contributed by atoms with Crippen molar-refractivity contribution in [1.82, 2.24) is 4.98 Å². The molecule has 1 aromatic heterocycles. The Hall–Kier alpha value is -2.12. The summed E-state index contributed by atoms with van der Waals surface area (Å²) < 4.78 is 47.1. The lowest BCUT2D eigenvalue weighted by atomic mass is 10.00. The van der Waals surface area contributed by atoms with E-state index >= 15 is 0 Å². The van der Waals surface area contributed by atoms with Crippen molar-refractivity contribution in [1.29, 1.82) is 0 Å². The summed E-state index contributed by atoms with van der Waals surface area (Å²) in [5.74, 6) is -2.89. The molecule has 0 aromatic carbocycles. The lowest BCUT2D eigenvalue weighted by Gasteiger charge is -2.23. The van der Waals surface area contributed by atoms with Gasteiger partial charge in [-0.1, -0.05) is 6.07 Å². The second-order valence-corrected chi connectivity index (χ2v) is 5.86. The summed E-state index contributed by atoms with van der Waals surface area (Å²) in [4.78, 5) is 27.1. The Morgan fingerprint density at radius 3 is 2.17 bits per heavy atom. The van der Waals surface area contributed by atoms with Crippen LogP contribution in [0.2, 0.25) is 0 Å². The van der Waals surface area contributed by atoms with Crippen LogP contribution in [-0.2, 0) is 31.7 Å². The largest absolute Gasteiger partial charge is 0.468 e. The van der Waals surface area contributed by atoms with Gasteiger partial charge in [-0.25, -0.2) is 0 Å². The highest BCUT2D eigenvalue weighted by atomic mass is 19.4. The maximum absolute atomic E-state index is 12.5. The molecule has 128 valence electrons. The predicted octanol–water partition coefficient (Wildman–Crippen LogP) is 2.77. The van der Waals surface area contributed by atoms with Gasteiger partial charge in [-0.15, -0.1) is 0 Å². The number of halogens is 3. The number of esters is 2. The van der Waals surface area contributed by atoms with E-state index in [4.69, 9.17) is 4.74 Å². The van der Waals surface area contributed by atoms with E-state index in [9.17, 15) is 22.8 Å². The lowest BCUT2D eigenvalue weighted by molar-refractivity contribution is -0.168. The van der Waals surface area contributed by atoms with Crippen LogP contribution in [0.5, 0.6) is 0 Å². The lowest BCUT2D eigenvalue weighted by Crippen LogP contribution is -2.34. The Morgan fingerprint density at radius 2 is 1.78 bits per heavy atom. The highest BCUT2D eigenvalue weighted by Crippen LogP contribution is 2.27. The summed E-state index contributed by atoms with van der Waals surface area (Å²) >= 11 is 0. The minimum atomic E-state index is -4.55. The Balaban J connectivity index is 2.94. The second kappa shape index (κ2) is 6.97. The average molecular weight is 333 g/mol. The van der Waals surface area contributed by atoms with Gasteiger partial charge >= 0.3 is 18.1 Å². The summed E-state index contributed by atoms with van der Waals surface area (Å²) in [5, 5.41) is 0. The van der Waals surface area contributed by atoms with Gasteiger partial charge in [0, 0.05) is 6.20 Å². The molecular formula is C15H18F3NO4. The molecule has 0 radical (unpaired) electrons. The van der Waals surface area contributed by atoms with Gasteiger partial charge in [0.1, 0.15) is 11.3 Å². The zero-order valence-electron chi connectivity index (χ0n) is 13.2. The zero-order valence-corrected chi connectivity index (χ0v) is 13.2. The molecule has 0 spiro atoms. The predicted molar refractivity (Wildman–Crippen MR) is 74.3 cm³/mol. The second-order valence-electron chi connectivity index (χ2n) is 5.86. The van der Waals surface area contributed by atoms with Gasteiger partial charge in [-0.05, 0) is 38.8 Å². The number of hydrogen-bond acceptors (Lipinski definition) is 5. The molecule has 1 atom stereocenters. The number of hydrogen-bond donors (Lipinski definition) is 0. The van der Waals surface area contributed by atoms with E-state index in [-0.39, 0.29) is 6.42 Å². The van der Waals surface area contributed by atoms with Crippen molar-refractivity contribution in [3.8, 4) is 0 Å². The molecule has 5 nitrogen and oxygen atoms in total. The molecule has 0 fully saturated rings. The van der Waals surface area contributed by atoms with Gasteiger partial charge in [0.25, 0.3) is 0 Å². The maximum Gasteiger partial charge on any atom is 0.433 e. The molecule has 8 heteroatoms.